The molecule has 82 valence electrons. The first-order chi connectivity index (χ1) is 6.56. The Bertz CT molecular complexity index is 214. The third-order valence-corrected chi connectivity index (χ3v) is 2.71. The van der Waals surface area contributed by atoms with Crippen molar-refractivity contribution in [2.24, 2.45) is 10.9 Å². The number of hydrogen-bond acceptors (Lipinski definition) is 4. The molecular formula is C9H19N3O2. The summed E-state index contributed by atoms with van der Waals surface area (Å²) in [4.78, 5) is 0. The first-order valence-corrected chi connectivity index (χ1v) is 4.98. The number of nitrogens with one attached hydrogen (secondary N) is 1. The molecule has 0 heterocycles. The van der Waals surface area contributed by atoms with E-state index in [1.807, 2.05) is 6.92 Å². The van der Waals surface area contributed by atoms with Crippen molar-refractivity contribution in [2.45, 2.75) is 44.2 Å². The summed E-state index contributed by atoms with van der Waals surface area (Å²) in [6, 6.07) is 0.121. The second kappa shape index (κ2) is 4.61. The van der Waals surface area contributed by atoms with Gasteiger partial charge in [-0.1, -0.05) is 5.16 Å². The predicted molar refractivity (Wildman–Crippen MR) is 54.3 cm³/mol. The van der Waals surface area contributed by atoms with Gasteiger partial charge in [0, 0.05) is 19.0 Å². The summed E-state index contributed by atoms with van der Waals surface area (Å²) in [5.74, 6) is 0.214. The van der Waals surface area contributed by atoms with Gasteiger partial charge in [-0.05, 0) is 26.2 Å². The van der Waals surface area contributed by atoms with Crippen molar-refractivity contribution in [3.63, 3.8) is 0 Å². The van der Waals surface area contributed by atoms with Crippen molar-refractivity contribution in [1.82, 2.24) is 5.32 Å². The minimum absolute atomic E-state index is 0.121. The van der Waals surface area contributed by atoms with Crippen molar-refractivity contribution >= 4 is 5.84 Å². The van der Waals surface area contributed by atoms with Gasteiger partial charge in [0.25, 0.3) is 0 Å². The summed E-state index contributed by atoms with van der Waals surface area (Å²) in [7, 11) is 0. The zero-order valence-electron chi connectivity index (χ0n) is 8.53. The number of nitrogens with zero attached hydrogens (tertiary/aromatic N) is 1. The highest BCUT2D eigenvalue weighted by Crippen LogP contribution is 2.30. The fraction of sp³-hybridized carbons (Fsp3) is 0.889. The predicted octanol–water partition coefficient (Wildman–Crippen LogP) is 0.0160. The maximum absolute atomic E-state index is 9.78. The third-order valence-electron chi connectivity index (χ3n) is 2.71. The molecule has 0 spiro atoms. The van der Waals surface area contributed by atoms with E-state index in [9.17, 15) is 5.11 Å². The molecule has 1 aliphatic carbocycles. The lowest BCUT2D eigenvalue weighted by Gasteiger charge is -2.37. The van der Waals surface area contributed by atoms with Gasteiger partial charge in [-0.25, -0.2) is 0 Å². The topological polar surface area (TPSA) is 90.9 Å². The van der Waals surface area contributed by atoms with E-state index in [4.69, 9.17) is 10.9 Å². The molecule has 0 aliphatic heterocycles. The van der Waals surface area contributed by atoms with Crippen molar-refractivity contribution in [1.29, 1.82) is 0 Å². The Morgan fingerprint density at radius 1 is 1.64 bits per heavy atom. The largest absolute Gasteiger partial charge is 0.409 e. The van der Waals surface area contributed by atoms with E-state index in [0.717, 1.165) is 19.3 Å². The fourth-order valence-corrected chi connectivity index (χ4v) is 1.55. The van der Waals surface area contributed by atoms with Crippen LogP contribution in [0.3, 0.4) is 0 Å². The second-order valence-electron chi connectivity index (χ2n) is 4.16. The second-order valence-corrected chi connectivity index (χ2v) is 4.16. The van der Waals surface area contributed by atoms with E-state index < -0.39 is 5.60 Å². The van der Waals surface area contributed by atoms with E-state index in [1.54, 1.807) is 0 Å². The smallest absolute Gasteiger partial charge is 0.140 e. The number of oxime groups is 1. The molecule has 0 aromatic heterocycles. The third kappa shape index (κ3) is 3.16. The standard InChI is InChI=1S/C9H19N3O2/c1-7(5-8(10)12-14)11-6-9(13)3-2-4-9/h7,11,13-14H,2-6H2,1H3,(H2,10,12). The van der Waals surface area contributed by atoms with Crippen LogP contribution in [0.15, 0.2) is 5.16 Å². The Morgan fingerprint density at radius 2 is 2.29 bits per heavy atom. The average molecular weight is 201 g/mol. The highest BCUT2D eigenvalue weighted by atomic mass is 16.4. The molecular weight excluding hydrogens is 182 g/mol. The van der Waals surface area contributed by atoms with Gasteiger partial charge in [-0.15, -0.1) is 0 Å². The van der Waals surface area contributed by atoms with E-state index >= 15 is 0 Å². The number of hydrogen-bond donors (Lipinski definition) is 4. The van der Waals surface area contributed by atoms with Gasteiger partial charge in [-0.3, -0.25) is 0 Å². The van der Waals surface area contributed by atoms with Crippen molar-refractivity contribution in [3.05, 3.63) is 0 Å². The van der Waals surface area contributed by atoms with Gasteiger partial charge in [0.1, 0.15) is 5.84 Å². The molecule has 0 amide bonds. The van der Waals surface area contributed by atoms with Crippen LogP contribution in [0, 0.1) is 0 Å². The minimum Gasteiger partial charge on any atom is -0.409 e. The zero-order valence-corrected chi connectivity index (χ0v) is 8.53. The van der Waals surface area contributed by atoms with E-state index in [2.05, 4.69) is 10.5 Å². The van der Waals surface area contributed by atoms with Crippen LogP contribution >= 0.6 is 0 Å². The molecule has 5 nitrogen and oxygen atoms in total. The molecule has 0 saturated heterocycles. The van der Waals surface area contributed by atoms with E-state index in [1.165, 1.54) is 0 Å². The molecule has 0 aromatic rings. The van der Waals surface area contributed by atoms with Crippen LogP contribution in [-0.4, -0.2) is 34.3 Å². The number of rotatable bonds is 5. The SMILES string of the molecule is CC(CC(N)=NO)NCC1(O)CCC1. The Labute approximate surface area is 84.0 Å². The highest BCUT2D eigenvalue weighted by molar-refractivity contribution is 5.80. The molecule has 0 radical (unpaired) electrons. The highest BCUT2D eigenvalue weighted by Gasteiger charge is 2.34. The molecule has 1 aliphatic rings. The summed E-state index contributed by atoms with van der Waals surface area (Å²) < 4.78 is 0. The van der Waals surface area contributed by atoms with Gasteiger partial charge >= 0.3 is 0 Å². The summed E-state index contributed by atoms with van der Waals surface area (Å²) >= 11 is 0. The quantitative estimate of drug-likeness (QED) is 0.218. The van der Waals surface area contributed by atoms with Crippen molar-refractivity contribution < 1.29 is 10.3 Å². The lowest BCUT2D eigenvalue weighted by atomic mass is 9.80. The number of amidine groups is 1. The number of aliphatic hydroxyl groups is 1. The lowest BCUT2D eigenvalue weighted by molar-refractivity contribution is -0.0327. The van der Waals surface area contributed by atoms with Crippen molar-refractivity contribution in [2.75, 3.05) is 6.54 Å². The Balaban J connectivity index is 2.17. The van der Waals surface area contributed by atoms with Crippen LogP contribution < -0.4 is 11.1 Å². The molecule has 0 bridgehead atoms. The van der Waals surface area contributed by atoms with E-state index in [-0.39, 0.29) is 11.9 Å². The van der Waals surface area contributed by atoms with Gasteiger partial charge in [-0.2, -0.15) is 0 Å². The molecule has 1 saturated carbocycles. The normalized spacial score (nSPS) is 22.9. The maximum atomic E-state index is 9.78. The molecule has 0 aromatic carbocycles. The summed E-state index contributed by atoms with van der Waals surface area (Å²) in [6.07, 6.45) is 3.34. The molecule has 1 rings (SSSR count). The summed E-state index contributed by atoms with van der Waals surface area (Å²) in [5, 5.41) is 24.2. The maximum Gasteiger partial charge on any atom is 0.140 e. The molecule has 1 atom stereocenters. The minimum atomic E-state index is -0.515. The van der Waals surface area contributed by atoms with Crippen LogP contribution in [0.1, 0.15) is 32.6 Å². The van der Waals surface area contributed by atoms with Crippen LogP contribution in [0.2, 0.25) is 0 Å². The van der Waals surface area contributed by atoms with Gasteiger partial charge in [0.05, 0.1) is 5.60 Å². The Kier molecular flexibility index (Phi) is 3.71. The molecule has 5 heteroatoms. The zero-order chi connectivity index (χ0) is 10.6. The van der Waals surface area contributed by atoms with Crippen LogP contribution in [0.5, 0.6) is 0 Å². The first-order valence-electron chi connectivity index (χ1n) is 4.98. The van der Waals surface area contributed by atoms with Crippen LogP contribution in [-0.2, 0) is 0 Å². The molecule has 5 N–H and O–H groups in total. The first kappa shape index (κ1) is 11.3. The van der Waals surface area contributed by atoms with Gasteiger partial charge < -0.3 is 21.4 Å². The fourth-order valence-electron chi connectivity index (χ4n) is 1.55. The summed E-state index contributed by atoms with van der Waals surface area (Å²) in [5.41, 5.74) is 4.84. The number of nitrogens with two attached hydrogens (primary N) is 1. The van der Waals surface area contributed by atoms with Gasteiger partial charge in [0.2, 0.25) is 0 Å². The molecule has 1 unspecified atom stereocenters. The Hall–Kier alpha value is -0.810. The van der Waals surface area contributed by atoms with Gasteiger partial charge in [0.15, 0.2) is 0 Å². The van der Waals surface area contributed by atoms with Crippen LogP contribution in [0.4, 0.5) is 0 Å². The Morgan fingerprint density at radius 3 is 2.71 bits per heavy atom. The lowest BCUT2D eigenvalue weighted by Crippen LogP contribution is -2.48. The molecule has 14 heavy (non-hydrogen) atoms. The average Bonchev–Trinajstić information content (AvgIpc) is 2.11. The van der Waals surface area contributed by atoms with Crippen molar-refractivity contribution in [3.8, 4) is 0 Å². The van der Waals surface area contributed by atoms with E-state index in [0.29, 0.717) is 13.0 Å². The molecule has 1 fully saturated rings. The summed E-state index contributed by atoms with van der Waals surface area (Å²) in [6.45, 7) is 2.53. The monoisotopic (exact) mass is 201 g/mol. The van der Waals surface area contributed by atoms with Crippen LogP contribution in [0.25, 0.3) is 0 Å².